The van der Waals surface area contributed by atoms with Gasteiger partial charge in [0.2, 0.25) is 0 Å². The minimum atomic E-state index is -0.939. The van der Waals surface area contributed by atoms with E-state index in [-0.39, 0.29) is 4.88 Å². The molecule has 0 aliphatic heterocycles. The standard InChI is InChI=1S/C11H5ClN2O2S2/c12-5-1-2-6-10(14-18-13-6)9(5)7-3-4-8(17-7)11(15)16/h1-4H,(H,15,16). The monoisotopic (exact) mass is 296 g/mol. The highest BCUT2D eigenvalue weighted by atomic mass is 35.5. The fraction of sp³-hybridized carbons (Fsp3) is 0. The number of halogens is 1. The molecule has 0 aliphatic carbocycles. The Morgan fingerprint density at radius 2 is 2.06 bits per heavy atom. The smallest absolute Gasteiger partial charge is 0.345 e. The van der Waals surface area contributed by atoms with E-state index in [1.54, 1.807) is 24.3 Å². The molecule has 0 saturated heterocycles. The molecule has 0 fully saturated rings. The Bertz CT molecular complexity index is 750. The first-order valence-electron chi connectivity index (χ1n) is 4.91. The minimum Gasteiger partial charge on any atom is -0.477 e. The van der Waals surface area contributed by atoms with Crippen LogP contribution in [0.3, 0.4) is 0 Å². The second-order valence-electron chi connectivity index (χ2n) is 3.52. The molecule has 0 bridgehead atoms. The summed E-state index contributed by atoms with van der Waals surface area (Å²) in [7, 11) is 0. The Morgan fingerprint density at radius 1 is 1.22 bits per heavy atom. The van der Waals surface area contributed by atoms with Crippen LogP contribution in [0.4, 0.5) is 0 Å². The van der Waals surface area contributed by atoms with Crippen molar-refractivity contribution in [1.82, 2.24) is 8.75 Å². The van der Waals surface area contributed by atoms with E-state index in [0.29, 0.717) is 10.5 Å². The SMILES string of the molecule is O=C(O)c1ccc(-c2c(Cl)ccc3nsnc23)s1. The molecule has 0 spiro atoms. The van der Waals surface area contributed by atoms with Crippen LogP contribution in [-0.2, 0) is 0 Å². The van der Waals surface area contributed by atoms with E-state index < -0.39 is 5.97 Å². The molecule has 2 heterocycles. The number of rotatable bonds is 2. The summed E-state index contributed by atoms with van der Waals surface area (Å²) in [4.78, 5) is 12.0. The van der Waals surface area contributed by atoms with Crippen molar-refractivity contribution in [2.75, 3.05) is 0 Å². The van der Waals surface area contributed by atoms with Crippen LogP contribution in [0.5, 0.6) is 0 Å². The molecule has 18 heavy (non-hydrogen) atoms. The number of fused-ring (bicyclic) bond motifs is 1. The van der Waals surface area contributed by atoms with Crippen LogP contribution in [0.15, 0.2) is 24.3 Å². The number of benzene rings is 1. The number of aromatic nitrogens is 2. The van der Waals surface area contributed by atoms with Crippen LogP contribution in [0.25, 0.3) is 21.5 Å². The summed E-state index contributed by atoms with van der Waals surface area (Å²) in [5.74, 6) is -0.939. The first-order chi connectivity index (χ1) is 8.66. The maximum atomic E-state index is 10.9. The zero-order valence-electron chi connectivity index (χ0n) is 8.75. The molecule has 0 radical (unpaired) electrons. The predicted octanol–water partition coefficient (Wildman–Crippen LogP) is 3.77. The molecule has 0 atom stereocenters. The molecular weight excluding hydrogens is 292 g/mol. The molecule has 0 saturated carbocycles. The quantitative estimate of drug-likeness (QED) is 0.782. The Morgan fingerprint density at radius 3 is 2.78 bits per heavy atom. The van der Waals surface area contributed by atoms with Gasteiger partial charge in [-0.15, -0.1) is 11.3 Å². The fourth-order valence-electron chi connectivity index (χ4n) is 1.65. The van der Waals surface area contributed by atoms with Gasteiger partial charge in [0, 0.05) is 10.4 Å². The molecule has 2 aromatic heterocycles. The van der Waals surface area contributed by atoms with Gasteiger partial charge in [-0.25, -0.2) is 4.79 Å². The lowest BCUT2D eigenvalue weighted by Gasteiger charge is -2.01. The third kappa shape index (κ3) is 1.78. The van der Waals surface area contributed by atoms with Gasteiger partial charge in [-0.2, -0.15) is 8.75 Å². The summed E-state index contributed by atoms with van der Waals surface area (Å²) in [6, 6.07) is 6.86. The summed E-state index contributed by atoms with van der Waals surface area (Å²) in [6.07, 6.45) is 0. The number of hydrogen-bond acceptors (Lipinski definition) is 5. The third-order valence-corrected chi connectivity index (χ3v) is 4.39. The average molecular weight is 297 g/mol. The second-order valence-corrected chi connectivity index (χ2v) is 5.54. The molecule has 7 heteroatoms. The van der Waals surface area contributed by atoms with Crippen molar-refractivity contribution in [2.24, 2.45) is 0 Å². The van der Waals surface area contributed by atoms with Crippen molar-refractivity contribution < 1.29 is 9.90 Å². The Kier molecular flexibility index (Phi) is 2.77. The molecule has 0 unspecified atom stereocenters. The van der Waals surface area contributed by atoms with Crippen molar-refractivity contribution >= 4 is 51.7 Å². The minimum absolute atomic E-state index is 0.279. The van der Waals surface area contributed by atoms with Crippen LogP contribution < -0.4 is 0 Å². The third-order valence-electron chi connectivity index (χ3n) is 2.44. The van der Waals surface area contributed by atoms with E-state index in [0.717, 1.165) is 27.7 Å². The Labute approximate surface area is 115 Å². The number of carboxylic acids is 1. The lowest BCUT2D eigenvalue weighted by Crippen LogP contribution is -1.89. The highest BCUT2D eigenvalue weighted by Gasteiger charge is 2.15. The summed E-state index contributed by atoms with van der Waals surface area (Å²) in [5.41, 5.74) is 2.23. The largest absolute Gasteiger partial charge is 0.477 e. The van der Waals surface area contributed by atoms with Gasteiger partial charge >= 0.3 is 5.97 Å². The molecule has 1 N–H and O–H groups in total. The summed E-state index contributed by atoms with van der Waals surface area (Å²) >= 11 is 8.47. The maximum Gasteiger partial charge on any atom is 0.345 e. The number of carboxylic acid groups (broad SMARTS) is 1. The average Bonchev–Trinajstić information content (AvgIpc) is 2.95. The van der Waals surface area contributed by atoms with Crippen LogP contribution in [0.1, 0.15) is 9.67 Å². The van der Waals surface area contributed by atoms with Crippen molar-refractivity contribution in [1.29, 1.82) is 0 Å². The van der Waals surface area contributed by atoms with Crippen LogP contribution in [-0.4, -0.2) is 19.8 Å². The number of hydrogen-bond donors (Lipinski definition) is 1. The summed E-state index contributed by atoms with van der Waals surface area (Å²) < 4.78 is 8.36. The van der Waals surface area contributed by atoms with Crippen molar-refractivity contribution in [3.8, 4) is 10.4 Å². The Balaban J connectivity index is 2.26. The van der Waals surface area contributed by atoms with Crippen molar-refractivity contribution in [3.63, 3.8) is 0 Å². The molecule has 3 rings (SSSR count). The van der Waals surface area contributed by atoms with E-state index in [1.165, 1.54) is 11.3 Å². The van der Waals surface area contributed by atoms with E-state index in [1.807, 2.05) is 0 Å². The summed E-state index contributed by atoms with van der Waals surface area (Å²) in [5, 5.41) is 9.49. The number of thiophene rings is 1. The van der Waals surface area contributed by atoms with Gasteiger partial charge in [0.15, 0.2) is 0 Å². The lowest BCUT2D eigenvalue weighted by molar-refractivity contribution is 0.0702. The van der Waals surface area contributed by atoms with Crippen LogP contribution in [0.2, 0.25) is 5.02 Å². The molecule has 0 amide bonds. The first kappa shape index (κ1) is 11.6. The van der Waals surface area contributed by atoms with E-state index in [2.05, 4.69) is 8.75 Å². The topological polar surface area (TPSA) is 63.1 Å². The normalized spacial score (nSPS) is 10.9. The van der Waals surface area contributed by atoms with E-state index in [9.17, 15) is 4.79 Å². The van der Waals surface area contributed by atoms with Gasteiger partial charge < -0.3 is 5.11 Å². The van der Waals surface area contributed by atoms with Gasteiger partial charge in [0.05, 0.1) is 16.8 Å². The molecule has 90 valence electrons. The van der Waals surface area contributed by atoms with Crippen molar-refractivity contribution in [2.45, 2.75) is 0 Å². The number of aromatic carboxylic acids is 1. The highest BCUT2D eigenvalue weighted by Crippen LogP contribution is 2.38. The zero-order chi connectivity index (χ0) is 12.7. The van der Waals surface area contributed by atoms with Crippen LogP contribution in [0, 0.1) is 0 Å². The molecular formula is C11H5ClN2O2S2. The van der Waals surface area contributed by atoms with E-state index in [4.69, 9.17) is 16.7 Å². The van der Waals surface area contributed by atoms with Gasteiger partial charge in [0.25, 0.3) is 0 Å². The van der Waals surface area contributed by atoms with Gasteiger partial charge in [-0.1, -0.05) is 11.6 Å². The van der Waals surface area contributed by atoms with Gasteiger partial charge in [-0.05, 0) is 24.3 Å². The Hall–Kier alpha value is -1.50. The molecule has 4 nitrogen and oxygen atoms in total. The highest BCUT2D eigenvalue weighted by molar-refractivity contribution is 7.17. The number of carbonyl (C=O) groups is 1. The van der Waals surface area contributed by atoms with E-state index >= 15 is 0 Å². The zero-order valence-corrected chi connectivity index (χ0v) is 11.1. The molecule has 3 aromatic rings. The molecule has 0 aliphatic rings. The first-order valence-corrected chi connectivity index (χ1v) is 6.83. The second kappa shape index (κ2) is 4.31. The van der Waals surface area contributed by atoms with Crippen molar-refractivity contribution in [3.05, 3.63) is 34.2 Å². The summed E-state index contributed by atoms with van der Waals surface area (Å²) in [6.45, 7) is 0. The van der Waals surface area contributed by atoms with Gasteiger partial charge in [0.1, 0.15) is 15.9 Å². The van der Waals surface area contributed by atoms with Crippen LogP contribution >= 0.6 is 34.7 Å². The lowest BCUT2D eigenvalue weighted by atomic mass is 10.1. The fourth-order valence-corrected chi connectivity index (χ4v) is 3.41. The maximum absolute atomic E-state index is 10.9. The van der Waals surface area contributed by atoms with Gasteiger partial charge in [-0.3, -0.25) is 0 Å². The number of nitrogens with zero attached hydrogens (tertiary/aromatic N) is 2. The predicted molar refractivity (Wildman–Crippen MR) is 72.7 cm³/mol. The molecule has 1 aromatic carbocycles.